The van der Waals surface area contributed by atoms with E-state index in [-0.39, 0.29) is 83.5 Å². The van der Waals surface area contributed by atoms with Crippen molar-refractivity contribution in [3.8, 4) is 0 Å². The molecule has 0 rings (SSSR count). The van der Waals surface area contributed by atoms with Crippen LogP contribution in [0.2, 0.25) is 0 Å². The summed E-state index contributed by atoms with van der Waals surface area (Å²) in [4.78, 5) is 8.56. The van der Waals surface area contributed by atoms with Crippen molar-refractivity contribution >= 4 is 18.6 Å². The average molecular weight is 569 g/mol. The molecular weight excluding hydrogens is 566 g/mol. The van der Waals surface area contributed by atoms with Gasteiger partial charge < -0.3 is 10.2 Å². The molecule has 0 aliphatic carbocycles. The van der Waals surface area contributed by atoms with Crippen molar-refractivity contribution in [1.82, 2.24) is 0 Å². The van der Waals surface area contributed by atoms with Crippen molar-refractivity contribution in [2.75, 3.05) is 0 Å². The fourth-order valence-corrected chi connectivity index (χ4v) is 0. The molecule has 2 N–H and O–H groups in total. The average Bonchev–Trinajstić information content (AvgIpc) is 0.811. The van der Waals surface area contributed by atoms with Crippen LogP contribution in [0.5, 0.6) is 0 Å². The van der Waals surface area contributed by atoms with Crippen LogP contribution in [0.3, 0.4) is 0 Å². The van der Waals surface area contributed by atoms with E-state index >= 15 is 0 Å². The van der Waals surface area contributed by atoms with Crippen molar-refractivity contribution in [1.29, 1.82) is 0 Å². The molecule has 0 radical (unpaired) electrons. The summed E-state index contributed by atoms with van der Waals surface area (Å²) in [5, 5.41) is 13.9. The van der Waals surface area contributed by atoms with E-state index in [9.17, 15) is 0 Å². The van der Waals surface area contributed by atoms with Crippen LogP contribution in [0.1, 0.15) is 0 Å². The van der Waals surface area contributed by atoms with Gasteiger partial charge >= 0.3 is 6.16 Å². The Morgan fingerprint density at radius 3 is 1.29 bits per heavy atom. The van der Waals surface area contributed by atoms with Gasteiger partial charge in [-0.15, -0.1) is 12.4 Å². The van der Waals surface area contributed by atoms with Gasteiger partial charge in [-0.25, -0.2) is 4.79 Å². The van der Waals surface area contributed by atoms with Crippen molar-refractivity contribution in [3.63, 3.8) is 0 Å². The Labute approximate surface area is 103 Å². The zero-order valence-corrected chi connectivity index (χ0v) is 12.3. The first kappa shape index (κ1) is 23.1. The molecule has 0 saturated heterocycles. The molecule has 0 aliphatic rings. The van der Waals surface area contributed by atoms with Crippen molar-refractivity contribution in [2.45, 2.75) is 0 Å². The van der Waals surface area contributed by atoms with Crippen molar-refractivity contribution in [3.05, 3.63) is 0 Å². The predicted molar refractivity (Wildman–Crippen MR) is 17.9 cm³/mol. The first-order chi connectivity index (χ1) is 1.73. The van der Waals surface area contributed by atoms with E-state index in [0.29, 0.717) is 0 Å². The molecule has 7 heavy (non-hydrogen) atoms. The first-order valence-corrected chi connectivity index (χ1v) is 0.651. The van der Waals surface area contributed by atoms with Crippen LogP contribution in [0.15, 0.2) is 0 Å². The Balaban J connectivity index is -0.0000000150. The molecule has 0 heterocycles. The minimum atomic E-state index is -1.83. The summed E-state index contributed by atoms with van der Waals surface area (Å²) in [6.45, 7) is 0. The van der Waals surface area contributed by atoms with Crippen LogP contribution >= 0.6 is 12.4 Å². The molecular formula is CH3ClO3ThU. The maximum Gasteiger partial charge on any atom is 0.503 e. The van der Waals surface area contributed by atoms with Crippen LogP contribution in [-0.2, 0) is 0 Å². The molecule has 0 aromatic rings. The Kier molecular flexibility index (Phi) is 51.7. The molecule has 40 valence electrons. The van der Waals surface area contributed by atoms with E-state index in [4.69, 9.17) is 15.0 Å². The van der Waals surface area contributed by atoms with Gasteiger partial charge in [0.1, 0.15) is 0 Å². The van der Waals surface area contributed by atoms with Gasteiger partial charge in [0.15, 0.2) is 0 Å². The monoisotopic (exact) mass is 568 g/mol. The quantitative estimate of drug-likeness (QED) is 0.452. The third-order valence-corrected chi connectivity index (χ3v) is 0. The second-order valence-electron chi connectivity index (χ2n) is 0.283. The molecule has 0 amide bonds. The molecule has 6 heteroatoms. The minimum Gasteiger partial charge on any atom is -0.450 e. The molecule has 0 aliphatic heterocycles. The molecule has 0 atom stereocenters. The van der Waals surface area contributed by atoms with Gasteiger partial charge in [-0.3, -0.25) is 0 Å². The summed E-state index contributed by atoms with van der Waals surface area (Å²) in [7, 11) is 0. The molecule has 0 spiro atoms. The zero-order chi connectivity index (χ0) is 3.58. The van der Waals surface area contributed by atoms with E-state index in [0.717, 1.165) is 0 Å². The Morgan fingerprint density at radius 1 is 1.29 bits per heavy atom. The summed E-state index contributed by atoms with van der Waals surface area (Å²) < 4.78 is 0. The minimum absolute atomic E-state index is 0. The molecule has 0 bridgehead atoms. The van der Waals surface area contributed by atoms with Crippen molar-refractivity contribution < 1.29 is 86.1 Å². The van der Waals surface area contributed by atoms with Gasteiger partial charge in [-0.2, -0.15) is 0 Å². The van der Waals surface area contributed by atoms with Crippen LogP contribution in [0.25, 0.3) is 0 Å². The molecule has 3 nitrogen and oxygen atoms in total. The molecule has 0 aromatic heterocycles. The van der Waals surface area contributed by atoms with E-state index in [1.165, 1.54) is 0 Å². The van der Waals surface area contributed by atoms with Gasteiger partial charge in [-0.05, 0) is 0 Å². The Bertz CT molecular complexity index is 37.9. The molecule has 0 fully saturated rings. The van der Waals surface area contributed by atoms with Crippen LogP contribution < -0.4 is 0 Å². The first-order valence-electron chi connectivity index (χ1n) is 0.651. The molecule has 0 saturated carbocycles. The number of hydrogen-bond acceptors (Lipinski definition) is 1. The SMILES string of the molecule is Cl.O=C(O)O.[Th].[U]. The van der Waals surface area contributed by atoms with E-state index in [1.807, 2.05) is 0 Å². The topological polar surface area (TPSA) is 57.5 Å². The maximum absolute atomic E-state index is 8.56. The van der Waals surface area contributed by atoms with Crippen molar-refractivity contribution in [2.24, 2.45) is 0 Å². The number of carboxylic acid groups (broad SMARTS) is 2. The van der Waals surface area contributed by atoms with Crippen LogP contribution in [0.4, 0.5) is 4.79 Å². The Morgan fingerprint density at radius 2 is 1.29 bits per heavy atom. The Hall–Kier alpha value is 1.94. The summed E-state index contributed by atoms with van der Waals surface area (Å²) >= 11 is 0. The second kappa shape index (κ2) is 15.7. The molecule has 0 aromatic carbocycles. The standard InChI is InChI=1S/CH2O3.ClH.Th.U/c2-1(3)4;;;/h(H2,2,3,4);1H;;. The third-order valence-electron chi connectivity index (χ3n) is 0. The zero-order valence-electron chi connectivity index (χ0n) is 3.21. The smallest absolute Gasteiger partial charge is 0.450 e. The number of hydrogen-bond donors (Lipinski definition) is 2. The molecule has 0 unspecified atom stereocenters. The summed E-state index contributed by atoms with van der Waals surface area (Å²) in [5.74, 6) is 0. The van der Waals surface area contributed by atoms with Gasteiger partial charge in [-0.1, -0.05) is 0 Å². The van der Waals surface area contributed by atoms with Crippen LogP contribution in [0, 0.1) is 71.1 Å². The summed E-state index contributed by atoms with van der Waals surface area (Å²) in [6, 6.07) is 0. The number of rotatable bonds is 0. The second-order valence-corrected chi connectivity index (χ2v) is 0.283. The van der Waals surface area contributed by atoms with E-state index in [1.54, 1.807) is 0 Å². The normalized spacial score (nSPS) is 3.43. The van der Waals surface area contributed by atoms with Gasteiger partial charge in [0, 0.05) is 71.1 Å². The fraction of sp³-hybridized carbons (Fsp3) is 0. The largest absolute Gasteiger partial charge is 0.503 e. The summed E-state index contributed by atoms with van der Waals surface area (Å²) in [5.41, 5.74) is 0. The van der Waals surface area contributed by atoms with Gasteiger partial charge in [0.2, 0.25) is 0 Å². The van der Waals surface area contributed by atoms with Gasteiger partial charge in [0.25, 0.3) is 0 Å². The third kappa shape index (κ3) is 74.6. The number of carbonyl (C=O) groups is 1. The summed E-state index contributed by atoms with van der Waals surface area (Å²) in [6.07, 6.45) is -1.83. The van der Waals surface area contributed by atoms with E-state index < -0.39 is 6.16 Å². The fourth-order valence-electron chi connectivity index (χ4n) is 0. The number of halogens is 1. The van der Waals surface area contributed by atoms with Gasteiger partial charge in [0.05, 0.1) is 0 Å². The predicted octanol–water partition coefficient (Wildman–Crippen LogP) is 0.644. The maximum atomic E-state index is 8.56. The van der Waals surface area contributed by atoms with Crippen LogP contribution in [-0.4, -0.2) is 16.4 Å². The van der Waals surface area contributed by atoms with E-state index in [2.05, 4.69) is 0 Å².